The van der Waals surface area contributed by atoms with Gasteiger partial charge in [-0.15, -0.1) is 0 Å². The molecular weight excluding hydrogens is 218 g/mol. The van der Waals surface area contributed by atoms with Crippen LogP contribution in [-0.2, 0) is 4.79 Å². The van der Waals surface area contributed by atoms with E-state index in [1.54, 1.807) is 14.0 Å². The zero-order valence-corrected chi connectivity index (χ0v) is 9.17. The number of nitrogens with two attached hydrogens (primary N) is 1. The number of hydrogen-bond acceptors (Lipinski definition) is 5. The maximum atomic E-state index is 10.8. The second-order valence-electron chi connectivity index (χ2n) is 2.91. The molecule has 0 aliphatic rings. The molecule has 0 saturated heterocycles. The van der Waals surface area contributed by atoms with Gasteiger partial charge in [0.05, 0.1) is 6.20 Å². The number of aromatic nitrogens is 2. The van der Waals surface area contributed by atoms with Gasteiger partial charge in [-0.05, 0) is 6.92 Å². The Morgan fingerprint density at radius 3 is 2.87 bits per heavy atom. The van der Waals surface area contributed by atoms with Gasteiger partial charge in [0.1, 0.15) is 11.1 Å². The Morgan fingerprint density at radius 2 is 2.33 bits per heavy atom. The van der Waals surface area contributed by atoms with E-state index in [0.29, 0.717) is 16.8 Å². The highest BCUT2D eigenvalue weighted by Crippen LogP contribution is 2.19. The van der Waals surface area contributed by atoms with E-state index in [4.69, 9.17) is 17.3 Å². The Bertz CT molecular complexity index is 370. The van der Waals surface area contributed by atoms with Crippen molar-refractivity contribution in [3.8, 4) is 0 Å². The topological polar surface area (TPSA) is 92.9 Å². The fourth-order valence-corrected chi connectivity index (χ4v) is 1.01. The summed E-state index contributed by atoms with van der Waals surface area (Å²) in [6.45, 7) is 1.62. The molecule has 15 heavy (non-hydrogen) atoms. The Balaban J connectivity index is 2.88. The minimum absolute atomic E-state index is 0.335. The van der Waals surface area contributed by atoms with Crippen molar-refractivity contribution in [2.75, 3.05) is 17.7 Å². The van der Waals surface area contributed by atoms with Gasteiger partial charge in [-0.25, -0.2) is 4.98 Å². The van der Waals surface area contributed by atoms with E-state index in [2.05, 4.69) is 20.6 Å². The van der Waals surface area contributed by atoms with Crippen LogP contribution in [0.4, 0.5) is 11.8 Å². The van der Waals surface area contributed by atoms with Crippen LogP contribution < -0.4 is 16.4 Å². The normalized spacial score (nSPS) is 11.9. The smallest absolute Gasteiger partial charge is 0.239 e. The van der Waals surface area contributed by atoms with Crippen LogP contribution >= 0.6 is 11.6 Å². The summed E-state index contributed by atoms with van der Waals surface area (Å²) in [6.07, 6.45) is 1.44. The van der Waals surface area contributed by atoms with Gasteiger partial charge in [0.2, 0.25) is 11.9 Å². The highest BCUT2D eigenvalue weighted by molar-refractivity contribution is 6.32. The van der Waals surface area contributed by atoms with Crippen LogP contribution in [0.25, 0.3) is 0 Å². The lowest BCUT2D eigenvalue weighted by Crippen LogP contribution is -2.32. The minimum atomic E-state index is -0.540. The van der Waals surface area contributed by atoms with Crippen molar-refractivity contribution in [2.24, 2.45) is 5.73 Å². The van der Waals surface area contributed by atoms with E-state index >= 15 is 0 Å². The summed E-state index contributed by atoms with van der Waals surface area (Å²) in [5, 5.41) is 5.88. The number of amides is 1. The van der Waals surface area contributed by atoms with Gasteiger partial charge < -0.3 is 16.4 Å². The van der Waals surface area contributed by atoms with E-state index in [9.17, 15) is 4.79 Å². The summed E-state index contributed by atoms with van der Waals surface area (Å²) >= 11 is 5.83. The van der Waals surface area contributed by atoms with Crippen molar-refractivity contribution >= 4 is 29.3 Å². The van der Waals surface area contributed by atoms with Gasteiger partial charge in [0, 0.05) is 7.05 Å². The molecule has 1 aromatic rings. The Hall–Kier alpha value is -1.56. The molecule has 6 nitrogen and oxygen atoms in total. The number of nitrogens with zero attached hydrogens (tertiary/aromatic N) is 2. The third-order valence-electron chi connectivity index (χ3n) is 1.75. The molecule has 1 rings (SSSR count). The monoisotopic (exact) mass is 229 g/mol. The fourth-order valence-electron chi connectivity index (χ4n) is 0.865. The molecule has 0 spiro atoms. The number of halogens is 1. The first-order valence-electron chi connectivity index (χ1n) is 4.30. The van der Waals surface area contributed by atoms with Crippen molar-refractivity contribution in [1.29, 1.82) is 0 Å². The number of primary amides is 1. The van der Waals surface area contributed by atoms with E-state index in [0.717, 1.165) is 0 Å². The number of carbonyl (C=O) groups is 1. The quantitative estimate of drug-likeness (QED) is 0.698. The molecule has 0 aliphatic heterocycles. The van der Waals surface area contributed by atoms with Crippen molar-refractivity contribution in [1.82, 2.24) is 9.97 Å². The lowest BCUT2D eigenvalue weighted by Gasteiger charge is -2.12. The number of nitrogens with one attached hydrogen (secondary N) is 2. The highest BCUT2D eigenvalue weighted by Gasteiger charge is 2.12. The largest absolute Gasteiger partial charge is 0.368 e. The third-order valence-corrected chi connectivity index (χ3v) is 2.02. The first-order valence-corrected chi connectivity index (χ1v) is 4.68. The van der Waals surface area contributed by atoms with Crippen LogP contribution in [0.3, 0.4) is 0 Å². The summed E-state index contributed by atoms with van der Waals surface area (Å²) in [6, 6.07) is -0.540. The summed E-state index contributed by atoms with van der Waals surface area (Å²) in [7, 11) is 1.69. The van der Waals surface area contributed by atoms with Gasteiger partial charge >= 0.3 is 0 Å². The average Bonchev–Trinajstić information content (AvgIpc) is 2.21. The second-order valence-corrected chi connectivity index (χ2v) is 3.32. The molecule has 1 heterocycles. The molecule has 1 amide bonds. The first-order chi connectivity index (χ1) is 7.04. The zero-order valence-electron chi connectivity index (χ0n) is 8.41. The Morgan fingerprint density at radius 1 is 1.67 bits per heavy atom. The highest BCUT2D eigenvalue weighted by atomic mass is 35.5. The average molecular weight is 230 g/mol. The molecule has 0 radical (unpaired) electrons. The number of anilines is 2. The molecule has 7 heteroatoms. The van der Waals surface area contributed by atoms with E-state index in [-0.39, 0.29) is 0 Å². The third kappa shape index (κ3) is 2.95. The van der Waals surface area contributed by atoms with Crippen LogP contribution in [0.2, 0.25) is 5.02 Å². The molecule has 0 saturated carbocycles. The summed E-state index contributed by atoms with van der Waals surface area (Å²) in [5.41, 5.74) is 5.10. The summed E-state index contributed by atoms with van der Waals surface area (Å²) < 4.78 is 0. The maximum Gasteiger partial charge on any atom is 0.239 e. The van der Waals surface area contributed by atoms with Crippen molar-refractivity contribution in [2.45, 2.75) is 13.0 Å². The SMILES string of the molecule is CNc1ncc(Cl)c(NC(C)C(N)=O)n1. The molecular formula is C8H12ClN5O. The van der Waals surface area contributed by atoms with Crippen LogP contribution in [0.1, 0.15) is 6.92 Å². The van der Waals surface area contributed by atoms with E-state index in [1.807, 2.05) is 0 Å². The number of hydrogen-bond donors (Lipinski definition) is 3. The Kier molecular flexibility index (Phi) is 3.68. The van der Waals surface area contributed by atoms with Gasteiger partial charge in [-0.3, -0.25) is 4.79 Å². The molecule has 0 fully saturated rings. The lowest BCUT2D eigenvalue weighted by molar-refractivity contribution is -0.118. The van der Waals surface area contributed by atoms with Gasteiger partial charge in [0.15, 0.2) is 5.82 Å². The molecule has 1 atom stereocenters. The summed E-state index contributed by atoms with van der Waals surface area (Å²) in [5.74, 6) is 0.316. The predicted octanol–water partition coefficient (Wildman–Crippen LogP) is 0.457. The standard InChI is InChI=1S/C8H12ClN5O/c1-4(6(10)15)13-7-5(9)3-12-8(11-2)14-7/h3-4H,1-2H3,(H2,10,15)(H2,11,12,13,14). The van der Waals surface area contributed by atoms with Crippen LogP contribution in [0.5, 0.6) is 0 Å². The van der Waals surface area contributed by atoms with Crippen molar-refractivity contribution < 1.29 is 4.79 Å². The molecule has 0 aliphatic carbocycles. The van der Waals surface area contributed by atoms with E-state index in [1.165, 1.54) is 6.20 Å². The lowest BCUT2D eigenvalue weighted by atomic mass is 10.3. The number of carbonyl (C=O) groups excluding carboxylic acids is 1. The molecule has 4 N–H and O–H groups in total. The molecule has 0 aromatic carbocycles. The summed E-state index contributed by atoms with van der Waals surface area (Å²) in [4.78, 5) is 18.8. The fraction of sp³-hybridized carbons (Fsp3) is 0.375. The molecule has 1 unspecified atom stereocenters. The number of rotatable bonds is 4. The maximum absolute atomic E-state index is 10.8. The first kappa shape index (κ1) is 11.5. The van der Waals surface area contributed by atoms with Crippen molar-refractivity contribution in [3.05, 3.63) is 11.2 Å². The molecule has 82 valence electrons. The Labute approximate surface area is 92.2 Å². The minimum Gasteiger partial charge on any atom is -0.368 e. The van der Waals surface area contributed by atoms with Gasteiger partial charge in [-0.1, -0.05) is 11.6 Å². The van der Waals surface area contributed by atoms with Crippen LogP contribution in [0.15, 0.2) is 6.20 Å². The zero-order chi connectivity index (χ0) is 11.4. The molecule has 0 bridgehead atoms. The van der Waals surface area contributed by atoms with Gasteiger partial charge in [0.25, 0.3) is 0 Å². The van der Waals surface area contributed by atoms with Crippen molar-refractivity contribution in [3.63, 3.8) is 0 Å². The van der Waals surface area contributed by atoms with Crippen LogP contribution in [0, 0.1) is 0 Å². The van der Waals surface area contributed by atoms with Gasteiger partial charge in [-0.2, -0.15) is 4.98 Å². The van der Waals surface area contributed by atoms with Crippen LogP contribution in [-0.4, -0.2) is 29.0 Å². The van der Waals surface area contributed by atoms with E-state index < -0.39 is 11.9 Å². The second kappa shape index (κ2) is 4.79. The molecule has 1 aromatic heterocycles. The predicted molar refractivity (Wildman–Crippen MR) is 58.9 cm³/mol.